The molecule has 0 fully saturated rings. The number of aliphatic hydroxyl groups excluding tert-OH is 1. The highest BCUT2D eigenvalue weighted by Crippen LogP contribution is 2.38. The zero-order valence-corrected chi connectivity index (χ0v) is 16.5. The van der Waals surface area contributed by atoms with Gasteiger partial charge in [0.1, 0.15) is 5.58 Å². The molecule has 3 aromatic rings. The van der Waals surface area contributed by atoms with E-state index in [9.17, 15) is 14.7 Å². The molecule has 0 bridgehead atoms. The van der Waals surface area contributed by atoms with Gasteiger partial charge in [-0.3, -0.25) is 9.59 Å². The fraction of sp³-hybridized carbons (Fsp3) is 0.238. The molecule has 0 spiro atoms. The van der Waals surface area contributed by atoms with Crippen LogP contribution in [-0.2, 0) is 0 Å². The molecule has 0 saturated heterocycles. The van der Waals surface area contributed by atoms with E-state index < -0.39 is 6.04 Å². The van der Waals surface area contributed by atoms with Crippen LogP contribution < -0.4 is 5.43 Å². The third-order valence-corrected chi connectivity index (χ3v) is 5.41. The van der Waals surface area contributed by atoms with Crippen LogP contribution in [-0.4, -0.2) is 29.1 Å². The first-order chi connectivity index (χ1) is 12.9. The highest BCUT2D eigenvalue weighted by atomic mass is 79.9. The van der Waals surface area contributed by atoms with Crippen molar-refractivity contribution in [3.05, 3.63) is 79.1 Å². The lowest BCUT2D eigenvalue weighted by molar-refractivity contribution is 0.0691. The van der Waals surface area contributed by atoms with Crippen LogP contribution in [0, 0.1) is 13.8 Å². The number of β-amino-alcohol motifs (C(OH)–C–C–N with tert-alkyl or cyclic N) is 1. The molecule has 1 aromatic heterocycles. The molecule has 0 radical (unpaired) electrons. The number of aliphatic hydroxyl groups is 1. The minimum Gasteiger partial charge on any atom is -0.450 e. The predicted octanol–water partition coefficient (Wildman–Crippen LogP) is 3.71. The van der Waals surface area contributed by atoms with Crippen molar-refractivity contribution in [2.75, 3.05) is 13.2 Å². The van der Waals surface area contributed by atoms with E-state index in [1.165, 1.54) is 4.90 Å². The number of carbonyl (C=O) groups excluding carboxylic acids is 1. The Morgan fingerprint density at radius 1 is 1.19 bits per heavy atom. The van der Waals surface area contributed by atoms with Gasteiger partial charge in [-0.05, 0) is 48.7 Å². The SMILES string of the molecule is Cc1cc(C)c2c(=O)c3c(oc2c1)C(=O)N(CCO)C3c1cccc(Br)c1. The molecule has 0 aliphatic carbocycles. The van der Waals surface area contributed by atoms with Gasteiger partial charge in [0, 0.05) is 11.0 Å². The largest absolute Gasteiger partial charge is 0.450 e. The van der Waals surface area contributed by atoms with Gasteiger partial charge in [0.05, 0.1) is 23.6 Å². The van der Waals surface area contributed by atoms with E-state index in [1.54, 1.807) is 6.07 Å². The number of carbonyl (C=O) groups is 1. The average Bonchev–Trinajstić information content (AvgIpc) is 2.88. The van der Waals surface area contributed by atoms with Gasteiger partial charge in [0.2, 0.25) is 5.76 Å². The van der Waals surface area contributed by atoms with Gasteiger partial charge in [0.25, 0.3) is 5.91 Å². The molecule has 1 N–H and O–H groups in total. The maximum absolute atomic E-state index is 13.4. The van der Waals surface area contributed by atoms with Crippen LogP contribution in [0.1, 0.15) is 38.9 Å². The van der Waals surface area contributed by atoms with Crippen molar-refractivity contribution in [2.45, 2.75) is 19.9 Å². The zero-order valence-electron chi connectivity index (χ0n) is 15.0. The molecule has 2 aromatic carbocycles. The third-order valence-electron chi connectivity index (χ3n) is 4.92. The summed E-state index contributed by atoms with van der Waals surface area (Å²) in [6.45, 7) is 3.71. The monoisotopic (exact) mass is 427 g/mol. The summed E-state index contributed by atoms with van der Waals surface area (Å²) >= 11 is 3.45. The van der Waals surface area contributed by atoms with Gasteiger partial charge >= 0.3 is 0 Å². The van der Waals surface area contributed by atoms with Crippen molar-refractivity contribution in [2.24, 2.45) is 0 Å². The number of hydrogen-bond acceptors (Lipinski definition) is 4. The van der Waals surface area contributed by atoms with Crippen LogP contribution in [0.4, 0.5) is 0 Å². The Bertz CT molecular complexity index is 1130. The smallest absolute Gasteiger partial charge is 0.290 e. The number of rotatable bonds is 3. The first-order valence-electron chi connectivity index (χ1n) is 8.67. The van der Waals surface area contributed by atoms with Crippen molar-refractivity contribution in [1.29, 1.82) is 0 Å². The molecule has 0 saturated carbocycles. The minimum atomic E-state index is -0.585. The Morgan fingerprint density at radius 2 is 1.96 bits per heavy atom. The maximum Gasteiger partial charge on any atom is 0.290 e. The molecule has 2 heterocycles. The highest BCUT2D eigenvalue weighted by Gasteiger charge is 2.42. The average molecular weight is 428 g/mol. The van der Waals surface area contributed by atoms with Gasteiger partial charge in [-0.2, -0.15) is 0 Å². The van der Waals surface area contributed by atoms with Crippen molar-refractivity contribution >= 4 is 32.8 Å². The number of amides is 1. The zero-order chi connectivity index (χ0) is 19.3. The topological polar surface area (TPSA) is 70.8 Å². The van der Waals surface area contributed by atoms with Crippen molar-refractivity contribution in [3.8, 4) is 0 Å². The molecule has 6 heteroatoms. The fourth-order valence-corrected chi connectivity index (χ4v) is 4.29. The number of hydrogen-bond donors (Lipinski definition) is 1. The Hall–Kier alpha value is -2.44. The molecule has 1 amide bonds. The summed E-state index contributed by atoms with van der Waals surface area (Å²) in [5.41, 5.74) is 3.14. The Kier molecular flexibility index (Phi) is 4.40. The van der Waals surface area contributed by atoms with Gasteiger partial charge in [-0.1, -0.05) is 34.1 Å². The van der Waals surface area contributed by atoms with Crippen molar-refractivity contribution < 1.29 is 14.3 Å². The normalized spacial score (nSPS) is 16.2. The van der Waals surface area contributed by atoms with Crippen LogP contribution in [0.2, 0.25) is 0 Å². The van der Waals surface area contributed by atoms with Gasteiger partial charge < -0.3 is 14.4 Å². The summed E-state index contributed by atoms with van der Waals surface area (Å²) < 4.78 is 6.78. The molecule has 1 aliphatic rings. The van der Waals surface area contributed by atoms with E-state index in [0.717, 1.165) is 21.2 Å². The van der Waals surface area contributed by atoms with E-state index in [2.05, 4.69) is 15.9 Å². The lowest BCUT2D eigenvalue weighted by Crippen LogP contribution is -2.32. The quantitative estimate of drug-likeness (QED) is 0.691. The van der Waals surface area contributed by atoms with E-state index in [4.69, 9.17) is 4.42 Å². The van der Waals surface area contributed by atoms with E-state index in [1.807, 2.05) is 44.2 Å². The Morgan fingerprint density at radius 3 is 2.67 bits per heavy atom. The van der Waals surface area contributed by atoms with Gasteiger partial charge in [-0.25, -0.2) is 0 Å². The van der Waals surface area contributed by atoms with Crippen LogP contribution in [0.15, 0.2) is 50.1 Å². The predicted molar refractivity (Wildman–Crippen MR) is 106 cm³/mol. The number of aryl methyl sites for hydroxylation is 2. The fourth-order valence-electron chi connectivity index (χ4n) is 3.88. The molecule has 1 atom stereocenters. The molecule has 138 valence electrons. The Balaban J connectivity index is 2.06. The molecule has 5 nitrogen and oxygen atoms in total. The molecular weight excluding hydrogens is 410 g/mol. The van der Waals surface area contributed by atoms with E-state index >= 15 is 0 Å². The molecule has 1 unspecified atom stereocenters. The van der Waals surface area contributed by atoms with Gasteiger partial charge in [0.15, 0.2) is 5.43 Å². The van der Waals surface area contributed by atoms with E-state index in [-0.39, 0.29) is 30.2 Å². The molecule has 27 heavy (non-hydrogen) atoms. The summed E-state index contributed by atoms with van der Waals surface area (Å²) in [7, 11) is 0. The highest BCUT2D eigenvalue weighted by molar-refractivity contribution is 9.10. The maximum atomic E-state index is 13.4. The number of nitrogens with zero attached hydrogens (tertiary/aromatic N) is 1. The summed E-state index contributed by atoms with van der Waals surface area (Å²) in [5, 5.41) is 9.97. The summed E-state index contributed by atoms with van der Waals surface area (Å²) in [4.78, 5) is 27.9. The third kappa shape index (κ3) is 2.80. The van der Waals surface area contributed by atoms with Crippen LogP contribution in [0.25, 0.3) is 11.0 Å². The second kappa shape index (κ2) is 6.62. The van der Waals surface area contributed by atoms with Crippen molar-refractivity contribution in [3.63, 3.8) is 0 Å². The lowest BCUT2D eigenvalue weighted by Gasteiger charge is -2.24. The number of fused-ring (bicyclic) bond motifs is 2. The van der Waals surface area contributed by atoms with Crippen molar-refractivity contribution in [1.82, 2.24) is 4.90 Å². The molecule has 4 rings (SSSR count). The second-order valence-corrected chi connectivity index (χ2v) is 7.72. The minimum absolute atomic E-state index is 0.0657. The van der Waals surface area contributed by atoms with Crippen LogP contribution >= 0.6 is 15.9 Å². The van der Waals surface area contributed by atoms with Gasteiger partial charge in [-0.15, -0.1) is 0 Å². The van der Waals surface area contributed by atoms with Crippen LogP contribution in [0.3, 0.4) is 0 Å². The standard InChI is InChI=1S/C21H18BrNO4/c1-11-8-12(2)16-15(9-11)27-20-17(19(16)25)18(23(6-7-24)21(20)26)13-4-3-5-14(22)10-13/h3-5,8-10,18,24H,6-7H2,1-2H3. The Labute approximate surface area is 164 Å². The van der Waals surface area contributed by atoms with Crippen LogP contribution in [0.5, 0.6) is 0 Å². The summed E-state index contributed by atoms with van der Waals surface area (Å²) in [6, 6.07) is 10.6. The number of benzene rings is 2. The first kappa shape index (κ1) is 17.9. The number of halogens is 1. The second-order valence-electron chi connectivity index (χ2n) is 6.81. The summed E-state index contributed by atoms with van der Waals surface area (Å²) in [6.07, 6.45) is 0. The first-order valence-corrected chi connectivity index (χ1v) is 9.47. The molecule has 1 aliphatic heterocycles. The van der Waals surface area contributed by atoms with E-state index in [0.29, 0.717) is 16.5 Å². The molecular formula is C21H18BrNO4. The lowest BCUT2D eigenvalue weighted by atomic mass is 9.97. The summed E-state index contributed by atoms with van der Waals surface area (Å²) in [5.74, 6) is -0.307.